The summed E-state index contributed by atoms with van der Waals surface area (Å²) < 4.78 is 11.7. The minimum absolute atomic E-state index is 0.147. The molecule has 0 saturated heterocycles. The highest BCUT2D eigenvalue weighted by Crippen LogP contribution is 2.53. The molecule has 40 heavy (non-hydrogen) atoms. The maximum absolute atomic E-state index is 6.89. The molecule has 7 rings (SSSR count). The highest BCUT2D eigenvalue weighted by Gasteiger charge is 2.41. The molecule has 3 aromatic carbocycles. The minimum atomic E-state index is -0.147. The van der Waals surface area contributed by atoms with Gasteiger partial charge in [-0.15, -0.1) is 0 Å². The molecule has 0 radical (unpaired) electrons. The third-order valence-electron chi connectivity index (χ3n) is 7.43. The molecule has 0 fully saturated rings. The molecule has 0 aromatic heterocycles. The summed E-state index contributed by atoms with van der Waals surface area (Å²) in [4.78, 5) is 7.54. The Morgan fingerprint density at radius 2 is 1.62 bits per heavy atom. The molecule has 4 aliphatic rings. The molecule has 3 aliphatic heterocycles. The largest absolute Gasteiger partial charge is 0.486 e. The maximum Gasteiger partial charge on any atom is 0.174 e. The zero-order chi connectivity index (χ0) is 27.4. The maximum atomic E-state index is 6.89. The number of halogens is 4. The Balaban J connectivity index is 1.37. The molecule has 1 atom stereocenters. The Bertz CT molecular complexity index is 1680. The standard InChI is InChI=1S/C31H22Cl4N2O2S/c32-20-6-4-17(24(34)14-20)12-19-2-1-3-23-29(19)36-31-37(30(23)22-8-7-21(33)15-25(22)35)26(16-40-31)18-5-9-27-28(13-18)39-11-10-38-27/h4-9,12-16,30H,1-3,10-11H2/b19-12+/t30-/m1/s1. The van der Waals surface area contributed by atoms with Gasteiger partial charge in [0, 0.05) is 31.1 Å². The van der Waals surface area contributed by atoms with E-state index in [4.69, 9.17) is 60.9 Å². The minimum Gasteiger partial charge on any atom is -0.486 e. The van der Waals surface area contributed by atoms with E-state index in [2.05, 4.69) is 22.5 Å². The van der Waals surface area contributed by atoms with Crippen LogP contribution in [0.3, 0.4) is 0 Å². The molecule has 0 N–H and O–H groups in total. The van der Waals surface area contributed by atoms with Crippen molar-refractivity contribution in [3.63, 3.8) is 0 Å². The fraction of sp³-hybridized carbons (Fsp3) is 0.194. The molecule has 3 aromatic rings. The fourth-order valence-corrected chi connectivity index (χ4v) is 7.54. The quantitative estimate of drug-likeness (QED) is 0.289. The number of fused-ring (bicyclic) bond motifs is 2. The fourth-order valence-electron chi connectivity index (χ4n) is 5.64. The number of hydrogen-bond donors (Lipinski definition) is 0. The van der Waals surface area contributed by atoms with Gasteiger partial charge >= 0.3 is 0 Å². The molecule has 0 bridgehead atoms. The number of benzene rings is 3. The van der Waals surface area contributed by atoms with Crippen molar-refractivity contribution >= 4 is 75.1 Å². The highest BCUT2D eigenvalue weighted by molar-refractivity contribution is 8.16. The smallest absolute Gasteiger partial charge is 0.174 e. The van der Waals surface area contributed by atoms with Crippen molar-refractivity contribution in [3.8, 4) is 11.5 Å². The van der Waals surface area contributed by atoms with E-state index >= 15 is 0 Å². The third-order valence-corrected chi connectivity index (χ3v) is 9.39. The number of hydrogen-bond acceptors (Lipinski definition) is 5. The Hall–Kier alpha value is -2.54. The molecule has 0 amide bonds. The molecule has 9 heteroatoms. The monoisotopic (exact) mass is 626 g/mol. The zero-order valence-electron chi connectivity index (χ0n) is 21.1. The van der Waals surface area contributed by atoms with Crippen molar-refractivity contribution in [1.82, 2.24) is 4.90 Å². The second-order valence-corrected chi connectivity index (χ2v) is 12.4. The first-order chi connectivity index (χ1) is 19.5. The third kappa shape index (κ3) is 4.72. The predicted octanol–water partition coefficient (Wildman–Crippen LogP) is 10.1. The van der Waals surface area contributed by atoms with Crippen molar-refractivity contribution in [2.24, 2.45) is 4.99 Å². The van der Waals surface area contributed by atoms with Crippen molar-refractivity contribution in [1.29, 1.82) is 0 Å². The number of amidine groups is 1. The summed E-state index contributed by atoms with van der Waals surface area (Å²) >= 11 is 27.6. The van der Waals surface area contributed by atoms with Gasteiger partial charge in [-0.3, -0.25) is 0 Å². The zero-order valence-corrected chi connectivity index (χ0v) is 24.9. The summed E-state index contributed by atoms with van der Waals surface area (Å²) in [5.74, 6) is 1.51. The number of thioether (sulfide) groups is 1. The first-order valence-electron chi connectivity index (χ1n) is 12.9. The molecular weight excluding hydrogens is 606 g/mol. The molecule has 3 heterocycles. The van der Waals surface area contributed by atoms with Crippen molar-refractivity contribution in [3.05, 3.63) is 114 Å². The highest BCUT2D eigenvalue weighted by atomic mass is 35.5. The lowest BCUT2D eigenvalue weighted by Gasteiger charge is -2.40. The van der Waals surface area contributed by atoms with Gasteiger partial charge in [-0.05, 0) is 90.1 Å². The Labute approximate surface area is 256 Å². The Morgan fingerprint density at radius 3 is 2.42 bits per heavy atom. The van der Waals surface area contributed by atoms with Gasteiger partial charge < -0.3 is 14.4 Å². The topological polar surface area (TPSA) is 34.1 Å². The van der Waals surface area contributed by atoms with E-state index in [9.17, 15) is 0 Å². The van der Waals surface area contributed by atoms with Gasteiger partial charge in [0.25, 0.3) is 0 Å². The van der Waals surface area contributed by atoms with Gasteiger partial charge in [0.15, 0.2) is 16.7 Å². The van der Waals surface area contributed by atoms with Crippen LogP contribution in [0.1, 0.15) is 42.0 Å². The van der Waals surface area contributed by atoms with Crippen LogP contribution in [-0.4, -0.2) is 23.3 Å². The molecule has 4 nitrogen and oxygen atoms in total. The number of nitrogens with zero attached hydrogens (tertiary/aromatic N) is 2. The van der Waals surface area contributed by atoms with Crippen LogP contribution in [0.15, 0.2) is 81.8 Å². The van der Waals surface area contributed by atoms with E-state index in [0.29, 0.717) is 33.3 Å². The van der Waals surface area contributed by atoms with Crippen molar-refractivity contribution in [2.75, 3.05) is 13.2 Å². The first-order valence-corrected chi connectivity index (χ1v) is 15.3. The predicted molar refractivity (Wildman–Crippen MR) is 167 cm³/mol. The summed E-state index contributed by atoms with van der Waals surface area (Å²) in [5.41, 5.74) is 7.36. The number of ether oxygens (including phenoxy) is 2. The van der Waals surface area contributed by atoms with Crippen LogP contribution >= 0.6 is 58.2 Å². The Kier molecular flexibility index (Phi) is 7.05. The van der Waals surface area contributed by atoms with Gasteiger partial charge in [-0.2, -0.15) is 0 Å². The average molecular weight is 628 g/mol. The van der Waals surface area contributed by atoms with Gasteiger partial charge in [-0.1, -0.05) is 70.3 Å². The summed E-state index contributed by atoms with van der Waals surface area (Å²) in [5, 5.41) is 5.51. The van der Waals surface area contributed by atoms with E-state index in [0.717, 1.165) is 69.6 Å². The number of allylic oxidation sites excluding steroid dienone is 1. The summed E-state index contributed by atoms with van der Waals surface area (Å²) in [7, 11) is 0. The molecule has 0 unspecified atom stereocenters. The lowest BCUT2D eigenvalue weighted by Crippen LogP contribution is -2.35. The van der Waals surface area contributed by atoms with Crippen LogP contribution in [0.4, 0.5) is 0 Å². The molecule has 1 aliphatic carbocycles. The van der Waals surface area contributed by atoms with E-state index in [1.807, 2.05) is 42.5 Å². The van der Waals surface area contributed by atoms with Crippen molar-refractivity contribution < 1.29 is 9.47 Å². The van der Waals surface area contributed by atoms with Crippen LogP contribution in [0.5, 0.6) is 11.5 Å². The van der Waals surface area contributed by atoms with Crippen LogP contribution < -0.4 is 9.47 Å². The first kappa shape index (κ1) is 26.4. The van der Waals surface area contributed by atoms with Crippen molar-refractivity contribution in [2.45, 2.75) is 25.3 Å². The van der Waals surface area contributed by atoms with E-state index < -0.39 is 0 Å². The summed E-state index contributed by atoms with van der Waals surface area (Å²) in [6.07, 6.45) is 4.94. The second kappa shape index (κ2) is 10.7. The Morgan fingerprint density at radius 1 is 0.850 bits per heavy atom. The molecular formula is C31H22Cl4N2O2S. The molecule has 0 spiro atoms. The second-order valence-electron chi connectivity index (χ2n) is 9.87. The summed E-state index contributed by atoms with van der Waals surface area (Å²) in [6.45, 7) is 1.09. The van der Waals surface area contributed by atoms with Gasteiger partial charge in [0.05, 0.1) is 17.4 Å². The molecule has 202 valence electrons. The number of aliphatic imine (C=N–C) groups is 1. The summed E-state index contributed by atoms with van der Waals surface area (Å²) in [6, 6.07) is 17.3. The molecule has 0 saturated carbocycles. The van der Waals surface area contributed by atoms with Crippen LogP contribution in [0.25, 0.3) is 11.8 Å². The average Bonchev–Trinajstić information content (AvgIpc) is 3.37. The van der Waals surface area contributed by atoms with Crippen LogP contribution in [0, 0.1) is 0 Å². The lowest BCUT2D eigenvalue weighted by atomic mass is 9.82. The van der Waals surface area contributed by atoms with Gasteiger partial charge in [0.2, 0.25) is 0 Å². The van der Waals surface area contributed by atoms with Gasteiger partial charge in [0.1, 0.15) is 13.2 Å². The van der Waals surface area contributed by atoms with Gasteiger partial charge in [-0.25, -0.2) is 4.99 Å². The van der Waals surface area contributed by atoms with Crippen LogP contribution in [-0.2, 0) is 0 Å². The lowest BCUT2D eigenvalue weighted by molar-refractivity contribution is 0.171. The normalized spacial score (nSPS) is 20.8. The number of rotatable bonds is 3. The van der Waals surface area contributed by atoms with E-state index in [-0.39, 0.29) is 6.04 Å². The van der Waals surface area contributed by atoms with Crippen LogP contribution in [0.2, 0.25) is 20.1 Å². The SMILES string of the molecule is Clc1ccc(/C=C2\CCCC3=C2N=C2SC=C(c4ccc5c(c4)OCCO5)N2[C@@H]3c2ccc(Cl)cc2Cl)c(Cl)c1. The van der Waals surface area contributed by atoms with E-state index in [1.165, 1.54) is 5.57 Å². The van der Waals surface area contributed by atoms with E-state index in [1.54, 1.807) is 17.8 Å².